The van der Waals surface area contributed by atoms with Crippen molar-refractivity contribution in [2.24, 2.45) is 0 Å². The molecular weight excluding hydrogens is 317 g/mol. The second kappa shape index (κ2) is 11.0. The van der Waals surface area contributed by atoms with Crippen LogP contribution >= 0.6 is 12.2 Å². The fraction of sp³-hybridized carbons (Fsp3) is 0.476. The first-order valence-corrected chi connectivity index (χ1v) is 9.13. The number of halogens is 1. The van der Waals surface area contributed by atoms with Gasteiger partial charge in [0.2, 0.25) is 0 Å². The molecule has 0 aliphatic carbocycles. The molecule has 1 nitrogen and oxygen atoms in total. The first-order valence-electron chi connectivity index (χ1n) is 8.72. The quantitative estimate of drug-likeness (QED) is 0.255. The van der Waals surface area contributed by atoms with E-state index >= 15 is 0 Å². The van der Waals surface area contributed by atoms with Crippen molar-refractivity contribution >= 4 is 17.2 Å². The highest BCUT2D eigenvalue weighted by molar-refractivity contribution is 7.80. The van der Waals surface area contributed by atoms with E-state index in [0.29, 0.717) is 5.57 Å². The lowest BCUT2D eigenvalue weighted by molar-refractivity contribution is 0.447. The smallest absolute Gasteiger partial charge is 0.139 e. The lowest BCUT2D eigenvalue weighted by Gasteiger charge is -2.28. The normalized spacial score (nSPS) is 15.5. The van der Waals surface area contributed by atoms with Crippen molar-refractivity contribution in [3.05, 3.63) is 47.4 Å². The molecule has 1 rings (SSSR count). The van der Waals surface area contributed by atoms with E-state index in [4.69, 9.17) is 12.2 Å². The molecule has 0 fully saturated rings. The van der Waals surface area contributed by atoms with Gasteiger partial charge in [-0.1, -0.05) is 63.1 Å². The van der Waals surface area contributed by atoms with Crippen LogP contribution in [0.3, 0.4) is 0 Å². The maximum absolute atomic E-state index is 14.4. The third-order valence-electron chi connectivity index (χ3n) is 4.00. The van der Waals surface area contributed by atoms with Crippen molar-refractivity contribution in [2.75, 3.05) is 13.1 Å². The largest absolute Gasteiger partial charge is 0.362 e. The molecule has 0 saturated heterocycles. The predicted octanol–water partition coefficient (Wildman–Crippen LogP) is 5.91. The molecule has 0 amide bonds. The van der Waals surface area contributed by atoms with Gasteiger partial charge in [0.05, 0.1) is 10.6 Å². The molecule has 0 aromatic carbocycles. The number of rotatable bonds is 6. The zero-order chi connectivity index (χ0) is 17.9. The molecular formula is C21H28FNS. The highest BCUT2D eigenvalue weighted by atomic mass is 32.1. The van der Waals surface area contributed by atoms with Gasteiger partial charge in [0.1, 0.15) is 5.83 Å². The Morgan fingerprint density at radius 3 is 2.75 bits per heavy atom. The van der Waals surface area contributed by atoms with Crippen LogP contribution in [-0.4, -0.2) is 23.0 Å². The SMILES string of the molecule is C=C(/C=C(F)\C(C#CCCCC)=C/C)C1=CCN(C(=S)CC)CC1. The molecule has 0 bridgehead atoms. The summed E-state index contributed by atoms with van der Waals surface area (Å²) in [6.07, 6.45) is 10.00. The zero-order valence-electron chi connectivity index (χ0n) is 15.1. The number of hydrogen-bond acceptors (Lipinski definition) is 1. The minimum absolute atomic E-state index is 0.307. The van der Waals surface area contributed by atoms with Gasteiger partial charge in [-0.25, -0.2) is 4.39 Å². The zero-order valence-corrected chi connectivity index (χ0v) is 15.9. The van der Waals surface area contributed by atoms with Crippen LogP contribution in [0.25, 0.3) is 0 Å². The Kier molecular flexibility index (Phi) is 9.34. The van der Waals surface area contributed by atoms with Gasteiger partial charge in [-0.2, -0.15) is 0 Å². The molecule has 1 aliphatic rings. The Labute approximate surface area is 152 Å². The molecule has 0 radical (unpaired) electrons. The maximum atomic E-state index is 14.4. The van der Waals surface area contributed by atoms with Crippen molar-refractivity contribution in [2.45, 2.75) is 52.9 Å². The molecule has 1 heterocycles. The van der Waals surface area contributed by atoms with Gasteiger partial charge >= 0.3 is 0 Å². The summed E-state index contributed by atoms with van der Waals surface area (Å²) in [7, 11) is 0. The van der Waals surface area contributed by atoms with Gasteiger partial charge in [-0.3, -0.25) is 0 Å². The van der Waals surface area contributed by atoms with E-state index in [-0.39, 0.29) is 5.83 Å². The van der Waals surface area contributed by atoms with Crippen LogP contribution < -0.4 is 0 Å². The third-order valence-corrected chi connectivity index (χ3v) is 4.55. The molecule has 0 aromatic rings. The predicted molar refractivity (Wildman–Crippen MR) is 107 cm³/mol. The summed E-state index contributed by atoms with van der Waals surface area (Å²) in [5.74, 6) is 5.65. The Bertz CT molecular complexity index is 613. The minimum Gasteiger partial charge on any atom is -0.362 e. The van der Waals surface area contributed by atoms with Gasteiger partial charge in [0, 0.05) is 19.5 Å². The first kappa shape index (κ1) is 20.4. The van der Waals surface area contributed by atoms with Gasteiger partial charge < -0.3 is 4.90 Å². The van der Waals surface area contributed by atoms with Crippen molar-refractivity contribution in [1.82, 2.24) is 4.90 Å². The molecule has 0 aromatic heterocycles. The molecule has 3 heteroatoms. The van der Waals surface area contributed by atoms with Crippen LogP contribution in [0.15, 0.2) is 47.4 Å². The number of allylic oxidation sites excluding steroid dienone is 5. The second-order valence-corrected chi connectivity index (χ2v) is 6.27. The van der Waals surface area contributed by atoms with Crippen molar-refractivity contribution < 1.29 is 4.39 Å². The van der Waals surface area contributed by atoms with Gasteiger partial charge in [0.25, 0.3) is 0 Å². The number of nitrogens with zero attached hydrogens (tertiary/aromatic N) is 1. The topological polar surface area (TPSA) is 3.24 Å². The monoisotopic (exact) mass is 345 g/mol. The summed E-state index contributed by atoms with van der Waals surface area (Å²) in [6.45, 7) is 11.7. The molecule has 0 N–H and O–H groups in total. The summed E-state index contributed by atoms with van der Waals surface area (Å²) >= 11 is 5.34. The van der Waals surface area contributed by atoms with Gasteiger partial charge in [-0.05, 0) is 43.4 Å². The molecule has 130 valence electrons. The Morgan fingerprint density at radius 2 is 2.21 bits per heavy atom. The van der Waals surface area contributed by atoms with Crippen LogP contribution in [0.4, 0.5) is 4.39 Å². The summed E-state index contributed by atoms with van der Waals surface area (Å²) in [6, 6.07) is 0. The molecule has 1 aliphatic heterocycles. The van der Waals surface area contributed by atoms with Crippen LogP contribution in [-0.2, 0) is 0 Å². The van der Waals surface area contributed by atoms with E-state index < -0.39 is 0 Å². The van der Waals surface area contributed by atoms with E-state index in [1.165, 1.54) is 6.08 Å². The van der Waals surface area contributed by atoms with E-state index in [1.54, 1.807) is 6.08 Å². The Balaban J connectivity index is 2.73. The molecule has 0 saturated carbocycles. The highest BCUT2D eigenvalue weighted by Crippen LogP contribution is 2.23. The Hall–Kier alpha value is -1.66. The van der Waals surface area contributed by atoms with E-state index in [1.807, 2.05) is 6.92 Å². The molecule has 0 atom stereocenters. The summed E-state index contributed by atoms with van der Waals surface area (Å²) < 4.78 is 14.4. The van der Waals surface area contributed by atoms with Crippen molar-refractivity contribution in [1.29, 1.82) is 0 Å². The molecule has 24 heavy (non-hydrogen) atoms. The van der Waals surface area contributed by atoms with Crippen LogP contribution in [0.5, 0.6) is 0 Å². The average Bonchev–Trinajstić information content (AvgIpc) is 2.61. The van der Waals surface area contributed by atoms with Crippen LogP contribution in [0, 0.1) is 11.8 Å². The van der Waals surface area contributed by atoms with Crippen molar-refractivity contribution in [3.8, 4) is 11.8 Å². The molecule has 0 spiro atoms. The summed E-state index contributed by atoms with van der Waals surface area (Å²) in [5, 5.41) is 0. The fourth-order valence-electron chi connectivity index (χ4n) is 2.43. The number of unbranched alkanes of at least 4 members (excludes halogenated alkanes) is 2. The number of thiocarbonyl (C=S) groups is 1. The van der Waals surface area contributed by atoms with Crippen LogP contribution in [0.1, 0.15) is 52.9 Å². The maximum Gasteiger partial charge on any atom is 0.139 e. The second-order valence-electron chi connectivity index (χ2n) is 5.80. The highest BCUT2D eigenvalue weighted by Gasteiger charge is 2.14. The molecule has 0 unspecified atom stereocenters. The van der Waals surface area contributed by atoms with Gasteiger partial charge in [-0.15, -0.1) is 0 Å². The van der Waals surface area contributed by atoms with E-state index in [0.717, 1.165) is 61.3 Å². The lowest BCUT2D eigenvalue weighted by Crippen LogP contribution is -2.33. The van der Waals surface area contributed by atoms with Crippen LogP contribution in [0.2, 0.25) is 0 Å². The lowest BCUT2D eigenvalue weighted by atomic mass is 9.99. The minimum atomic E-state index is -0.307. The standard InChI is InChI=1S/C21H28FNS/c1-5-8-9-10-11-18(6-2)20(22)16-17(4)19-12-14-23(15-13-19)21(24)7-3/h6,12,16H,4-5,7-9,13-15H2,1-3H3/b18-6-,20-16+. The first-order chi connectivity index (χ1) is 11.5. The number of hydrogen-bond donors (Lipinski definition) is 0. The third kappa shape index (κ3) is 6.45. The van der Waals surface area contributed by atoms with E-state index in [2.05, 4.69) is 43.2 Å². The van der Waals surface area contributed by atoms with E-state index in [9.17, 15) is 4.39 Å². The Morgan fingerprint density at radius 1 is 1.46 bits per heavy atom. The fourth-order valence-corrected chi connectivity index (χ4v) is 2.59. The van der Waals surface area contributed by atoms with Gasteiger partial charge in [0.15, 0.2) is 0 Å². The average molecular weight is 346 g/mol. The van der Waals surface area contributed by atoms with Crippen molar-refractivity contribution in [3.63, 3.8) is 0 Å². The summed E-state index contributed by atoms with van der Waals surface area (Å²) in [5.41, 5.74) is 2.26. The summed E-state index contributed by atoms with van der Waals surface area (Å²) in [4.78, 5) is 3.17.